The first-order valence-electron chi connectivity index (χ1n) is 5.68. The Morgan fingerprint density at radius 2 is 2.19 bits per heavy atom. The van der Waals surface area contributed by atoms with Crippen LogP contribution in [0.25, 0.3) is 0 Å². The van der Waals surface area contributed by atoms with Gasteiger partial charge in [0.2, 0.25) is 0 Å². The summed E-state index contributed by atoms with van der Waals surface area (Å²) in [5, 5.41) is 4.36. The van der Waals surface area contributed by atoms with Gasteiger partial charge in [0.1, 0.15) is 5.01 Å². The van der Waals surface area contributed by atoms with Crippen LogP contribution in [0.15, 0.2) is 0 Å². The molecule has 0 saturated carbocycles. The monoisotopic (exact) mass is 240 g/mol. The van der Waals surface area contributed by atoms with Gasteiger partial charge in [0, 0.05) is 13.5 Å². The molecule has 0 spiro atoms. The minimum Gasteiger partial charge on any atom is -0.310 e. The molecule has 16 heavy (non-hydrogen) atoms. The summed E-state index contributed by atoms with van der Waals surface area (Å²) in [6.07, 6.45) is 1.17. The summed E-state index contributed by atoms with van der Waals surface area (Å²) >= 11 is 1.50. The van der Waals surface area contributed by atoms with Gasteiger partial charge < -0.3 is 5.32 Å². The third-order valence-electron chi connectivity index (χ3n) is 2.34. The van der Waals surface area contributed by atoms with Gasteiger partial charge in [-0.2, -0.15) is 0 Å². The number of hydrogen-bond donors (Lipinski definition) is 1. The zero-order valence-corrected chi connectivity index (χ0v) is 11.3. The fraction of sp³-hybridized carbons (Fsp3) is 0.667. The molecule has 0 unspecified atom stereocenters. The van der Waals surface area contributed by atoms with Gasteiger partial charge in [-0.25, -0.2) is 4.98 Å². The molecule has 0 atom stereocenters. The molecule has 0 aliphatic carbocycles. The van der Waals surface area contributed by atoms with E-state index in [1.54, 1.807) is 6.92 Å². The highest BCUT2D eigenvalue weighted by Gasteiger charge is 2.10. The van der Waals surface area contributed by atoms with Crippen molar-refractivity contribution in [1.29, 1.82) is 0 Å². The molecule has 0 aliphatic heterocycles. The maximum atomic E-state index is 11.2. The van der Waals surface area contributed by atoms with Gasteiger partial charge in [-0.05, 0) is 25.8 Å². The van der Waals surface area contributed by atoms with Crippen LogP contribution in [0.5, 0.6) is 0 Å². The van der Waals surface area contributed by atoms with Crippen molar-refractivity contribution in [3.05, 3.63) is 15.6 Å². The van der Waals surface area contributed by atoms with Crippen LogP contribution in [0.4, 0.5) is 0 Å². The number of aromatic nitrogens is 1. The van der Waals surface area contributed by atoms with Crippen molar-refractivity contribution in [1.82, 2.24) is 10.3 Å². The average molecular weight is 240 g/mol. The summed E-state index contributed by atoms with van der Waals surface area (Å²) < 4.78 is 0. The lowest BCUT2D eigenvalue weighted by molar-refractivity contribution is 0.102. The number of ketones is 1. The van der Waals surface area contributed by atoms with E-state index in [9.17, 15) is 4.79 Å². The van der Waals surface area contributed by atoms with Crippen molar-refractivity contribution in [2.45, 2.75) is 40.7 Å². The van der Waals surface area contributed by atoms with Crippen molar-refractivity contribution in [3.8, 4) is 0 Å². The summed E-state index contributed by atoms with van der Waals surface area (Å²) in [6.45, 7) is 9.69. The Morgan fingerprint density at radius 3 is 2.69 bits per heavy atom. The molecule has 1 rings (SSSR count). The zero-order chi connectivity index (χ0) is 12.1. The lowest BCUT2D eigenvalue weighted by atomic mass is 10.1. The number of nitrogens with zero attached hydrogens (tertiary/aromatic N) is 1. The van der Waals surface area contributed by atoms with E-state index in [-0.39, 0.29) is 5.78 Å². The highest BCUT2D eigenvalue weighted by atomic mass is 32.1. The Labute approximate surface area is 101 Å². The van der Waals surface area contributed by atoms with E-state index < -0.39 is 0 Å². The zero-order valence-electron chi connectivity index (χ0n) is 10.5. The number of carbonyl (C=O) groups excluding carboxylic acids is 1. The molecule has 1 aromatic heterocycles. The fourth-order valence-electron chi connectivity index (χ4n) is 1.44. The molecule has 1 aromatic rings. The third-order valence-corrected chi connectivity index (χ3v) is 3.59. The summed E-state index contributed by atoms with van der Waals surface area (Å²) in [6, 6.07) is 0. The second-order valence-electron chi connectivity index (χ2n) is 4.44. The highest BCUT2D eigenvalue weighted by molar-refractivity contribution is 7.13. The van der Waals surface area contributed by atoms with Crippen molar-refractivity contribution in [2.24, 2.45) is 5.92 Å². The molecule has 90 valence electrons. The molecule has 0 fully saturated rings. The predicted molar refractivity (Wildman–Crippen MR) is 68.0 cm³/mol. The summed E-state index contributed by atoms with van der Waals surface area (Å²) in [5.41, 5.74) is 0.859. The fourth-order valence-corrected chi connectivity index (χ4v) is 2.37. The minimum absolute atomic E-state index is 0.114. The minimum atomic E-state index is 0.114. The van der Waals surface area contributed by atoms with Crippen LogP contribution in [0.2, 0.25) is 0 Å². The van der Waals surface area contributed by atoms with E-state index >= 15 is 0 Å². The molecule has 1 heterocycles. The number of nitrogens with one attached hydrogen (secondary N) is 1. The Morgan fingerprint density at radius 1 is 1.50 bits per heavy atom. The van der Waals surface area contributed by atoms with Gasteiger partial charge in [0.25, 0.3) is 0 Å². The van der Waals surface area contributed by atoms with Crippen LogP contribution in [0, 0.1) is 12.8 Å². The first-order chi connectivity index (χ1) is 7.50. The topological polar surface area (TPSA) is 42.0 Å². The lowest BCUT2D eigenvalue weighted by Gasteiger charge is -2.04. The van der Waals surface area contributed by atoms with Crippen molar-refractivity contribution in [2.75, 3.05) is 6.54 Å². The van der Waals surface area contributed by atoms with Crippen molar-refractivity contribution in [3.63, 3.8) is 0 Å². The largest absolute Gasteiger partial charge is 0.310 e. The number of rotatable bonds is 6. The van der Waals surface area contributed by atoms with Crippen LogP contribution in [0.3, 0.4) is 0 Å². The normalized spacial score (nSPS) is 11.1. The first kappa shape index (κ1) is 13.3. The molecular formula is C12H20N2OS. The van der Waals surface area contributed by atoms with Gasteiger partial charge in [-0.3, -0.25) is 4.79 Å². The average Bonchev–Trinajstić information content (AvgIpc) is 2.54. The molecule has 0 aromatic carbocycles. The Kier molecular flexibility index (Phi) is 5.09. The summed E-state index contributed by atoms with van der Waals surface area (Å²) in [7, 11) is 0. The maximum absolute atomic E-state index is 11.2. The third kappa shape index (κ3) is 4.02. The molecule has 0 bridgehead atoms. The van der Waals surface area contributed by atoms with Gasteiger partial charge in [0.05, 0.1) is 10.6 Å². The molecule has 0 radical (unpaired) electrons. The number of Topliss-reactive ketones (excluding diaryl/α,β-unsaturated/α-hetero) is 1. The Bertz CT molecular complexity index is 358. The number of thiazole rings is 1. The molecule has 0 amide bonds. The van der Waals surface area contributed by atoms with E-state index in [2.05, 4.69) is 24.1 Å². The maximum Gasteiger partial charge on any atom is 0.171 e. The first-order valence-corrected chi connectivity index (χ1v) is 6.50. The molecule has 1 N–H and O–H groups in total. The van der Waals surface area contributed by atoms with E-state index in [0.717, 1.165) is 34.6 Å². The van der Waals surface area contributed by atoms with Crippen LogP contribution >= 0.6 is 11.3 Å². The van der Waals surface area contributed by atoms with Crippen LogP contribution < -0.4 is 5.32 Å². The standard InChI is InChI=1S/C12H20N2OS/c1-8(2)5-6-13-7-11-14-9(3)12(16-11)10(4)15/h8,13H,5-7H2,1-4H3. The summed E-state index contributed by atoms with van der Waals surface area (Å²) in [4.78, 5) is 16.4. The van der Waals surface area contributed by atoms with Gasteiger partial charge in [-0.15, -0.1) is 11.3 Å². The lowest BCUT2D eigenvalue weighted by Crippen LogP contribution is -2.16. The molecule has 0 saturated heterocycles. The van der Waals surface area contributed by atoms with E-state index in [0.29, 0.717) is 0 Å². The Hall–Kier alpha value is -0.740. The second kappa shape index (κ2) is 6.11. The van der Waals surface area contributed by atoms with Crippen molar-refractivity contribution < 1.29 is 4.79 Å². The summed E-state index contributed by atoms with van der Waals surface area (Å²) in [5.74, 6) is 0.835. The Balaban J connectivity index is 2.43. The van der Waals surface area contributed by atoms with Crippen LogP contribution in [-0.4, -0.2) is 17.3 Å². The van der Waals surface area contributed by atoms with Crippen LogP contribution in [-0.2, 0) is 6.54 Å². The quantitative estimate of drug-likeness (QED) is 0.614. The SMILES string of the molecule is CC(=O)c1sc(CNCCC(C)C)nc1C. The van der Waals surface area contributed by atoms with Gasteiger partial charge >= 0.3 is 0 Å². The van der Waals surface area contributed by atoms with E-state index in [1.807, 2.05) is 6.92 Å². The van der Waals surface area contributed by atoms with E-state index in [1.165, 1.54) is 17.8 Å². The smallest absolute Gasteiger partial charge is 0.171 e. The van der Waals surface area contributed by atoms with Gasteiger partial charge in [-0.1, -0.05) is 13.8 Å². The molecule has 3 nitrogen and oxygen atoms in total. The van der Waals surface area contributed by atoms with E-state index in [4.69, 9.17) is 0 Å². The van der Waals surface area contributed by atoms with Crippen molar-refractivity contribution >= 4 is 17.1 Å². The highest BCUT2D eigenvalue weighted by Crippen LogP contribution is 2.18. The van der Waals surface area contributed by atoms with Crippen LogP contribution in [0.1, 0.15) is 47.6 Å². The second-order valence-corrected chi connectivity index (χ2v) is 5.52. The molecule has 0 aliphatic rings. The van der Waals surface area contributed by atoms with Gasteiger partial charge in [0.15, 0.2) is 5.78 Å². The molecular weight excluding hydrogens is 220 g/mol. The number of hydrogen-bond acceptors (Lipinski definition) is 4. The number of aryl methyl sites for hydroxylation is 1. The predicted octanol–water partition coefficient (Wildman–Crippen LogP) is 2.79. The molecule has 4 heteroatoms. The number of carbonyl (C=O) groups is 1.